The third kappa shape index (κ3) is 5.33. The Morgan fingerprint density at radius 2 is 1.77 bits per heavy atom. The number of benzene rings is 2. The van der Waals surface area contributed by atoms with Crippen LogP contribution in [0.15, 0.2) is 47.4 Å². The minimum Gasteiger partial charge on any atom is -0.371 e. The van der Waals surface area contributed by atoms with Crippen LogP contribution in [0.1, 0.15) is 64.8 Å². The Balaban J connectivity index is 1.24. The van der Waals surface area contributed by atoms with Gasteiger partial charge in [0, 0.05) is 19.5 Å². The van der Waals surface area contributed by atoms with Gasteiger partial charge in [-0.2, -0.15) is 8.42 Å². The van der Waals surface area contributed by atoms with Crippen LogP contribution in [-0.2, 0) is 30.3 Å². The summed E-state index contributed by atoms with van der Waals surface area (Å²) in [5.41, 5.74) is 2.39. The normalized spacial score (nSPS) is 21.8. The largest absolute Gasteiger partial charge is 0.371 e. The minimum atomic E-state index is -3.70. The lowest BCUT2D eigenvalue weighted by Crippen LogP contribution is -2.54. The van der Waals surface area contributed by atoms with Crippen molar-refractivity contribution in [3.63, 3.8) is 0 Å². The Morgan fingerprint density at radius 3 is 2.49 bits per heavy atom. The van der Waals surface area contributed by atoms with Crippen LogP contribution in [0.4, 0.5) is 5.69 Å². The van der Waals surface area contributed by atoms with Crippen LogP contribution in [0.3, 0.4) is 0 Å². The highest BCUT2D eigenvalue weighted by Crippen LogP contribution is 2.36. The summed E-state index contributed by atoms with van der Waals surface area (Å²) in [7, 11) is -2.56. The van der Waals surface area contributed by atoms with Crippen LogP contribution in [0.25, 0.3) is 0 Å². The van der Waals surface area contributed by atoms with Gasteiger partial charge in [0.25, 0.3) is 21.9 Å². The van der Waals surface area contributed by atoms with Gasteiger partial charge in [0.15, 0.2) is 0 Å². The van der Waals surface area contributed by atoms with Gasteiger partial charge < -0.3 is 4.90 Å². The summed E-state index contributed by atoms with van der Waals surface area (Å²) in [5.74, 6) is -1.59. The first kappa shape index (κ1) is 27.0. The molecule has 2 saturated heterocycles. The number of carbonyl (C=O) groups excluding carboxylic acids is 4. The smallest absolute Gasteiger partial charge is 0.296 e. The molecule has 2 aromatic carbocycles. The van der Waals surface area contributed by atoms with Crippen molar-refractivity contribution in [2.45, 2.75) is 55.9 Å². The predicted octanol–water partition coefficient (Wildman–Crippen LogP) is 2.66. The molecule has 4 amide bonds. The first-order valence-electron chi connectivity index (χ1n) is 13.2. The molecular formula is C28H31N3O7S. The highest BCUT2D eigenvalue weighted by molar-refractivity contribution is 7.86. The predicted molar refractivity (Wildman–Crippen MR) is 142 cm³/mol. The summed E-state index contributed by atoms with van der Waals surface area (Å²) < 4.78 is 28.2. The number of nitrogens with one attached hydrogen (secondary N) is 1. The second kappa shape index (κ2) is 10.9. The Morgan fingerprint density at radius 1 is 1.00 bits per heavy atom. The number of imide groups is 2. The number of hydrogen-bond acceptors (Lipinski definition) is 8. The molecule has 206 valence electrons. The van der Waals surface area contributed by atoms with Crippen molar-refractivity contribution in [3.05, 3.63) is 59.2 Å². The van der Waals surface area contributed by atoms with Crippen molar-refractivity contribution in [1.82, 2.24) is 10.2 Å². The summed E-state index contributed by atoms with van der Waals surface area (Å²) >= 11 is 0. The van der Waals surface area contributed by atoms with E-state index >= 15 is 0 Å². The average molecular weight is 554 g/mol. The van der Waals surface area contributed by atoms with Crippen molar-refractivity contribution in [3.8, 4) is 0 Å². The first-order valence-corrected chi connectivity index (χ1v) is 14.6. The lowest BCUT2D eigenvalue weighted by molar-refractivity contribution is -0.136. The van der Waals surface area contributed by atoms with Crippen molar-refractivity contribution in [2.24, 2.45) is 5.92 Å². The number of rotatable bonds is 8. The van der Waals surface area contributed by atoms with Gasteiger partial charge in [-0.25, -0.2) is 0 Å². The maximum atomic E-state index is 13.5. The molecule has 5 rings (SSSR count). The van der Waals surface area contributed by atoms with E-state index in [1.165, 1.54) is 0 Å². The van der Waals surface area contributed by atoms with Gasteiger partial charge in [-0.3, -0.25) is 33.6 Å². The first-order chi connectivity index (χ1) is 18.7. The highest BCUT2D eigenvalue weighted by Gasteiger charge is 2.46. The number of nitrogens with zero attached hydrogens (tertiary/aromatic N) is 2. The van der Waals surface area contributed by atoms with E-state index in [9.17, 15) is 27.6 Å². The molecule has 3 aliphatic heterocycles. The van der Waals surface area contributed by atoms with E-state index in [0.29, 0.717) is 22.7 Å². The summed E-state index contributed by atoms with van der Waals surface area (Å²) in [6.45, 7) is 1.52. The van der Waals surface area contributed by atoms with Crippen LogP contribution in [0, 0.1) is 5.92 Å². The van der Waals surface area contributed by atoms with E-state index in [1.807, 2.05) is 18.2 Å². The quantitative estimate of drug-likeness (QED) is 0.390. The maximum Gasteiger partial charge on any atom is 0.296 e. The van der Waals surface area contributed by atoms with Crippen LogP contribution in [0.5, 0.6) is 0 Å². The molecule has 10 nitrogen and oxygen atoms in total. The number of hydrogen-bond donors (Lipinski definition) is 1. The van der Waals surface area contributed by atoms with E-state index < -0.39 is 39.8 Å². The molecule has 3 aliphatic rings. The lowest BCUT2D eigenvalue weighted by Gasteiger charge is -2.35. The monoisotopic (exact) mass is 553 g/mol. The number of aryl methyl sites for hydroxylation is 1. The standard InChI is InChI=1S/C28H31N3O7S/c1-38-39(36,37)20-12-10-18(11-13-20)5-2-6-19-7-4-16-30(17-19)22-9-3-8-21-25(22)28(35)31(27(21)34)23-14-15-24(32)29-26(23)33/h3,8-13,19,23H,2,4-7,14-17H2,1H3,(H,29,32,33). The fourth-order valence-corrected chi connectivity index (χ4v) is 6.46. The van der Waals surface area contributed by atoms with E-state index in [2.05, 4.69) is 14.4 Å². The van der Waals surface area contributed by atoms with Gasteiger partial charge >= 0.3 is 0 Å². The Bertz CT molecular complexity index is 1420. The fourth-order valence-electron chi connectivity index (χ4n) is 5.79. The molecule has 0 aliphatic carbocycles. The molecule has 2 unspecified atom stereocenters. The number of carbonyl (C=O) groups is 4. The summed E-state index contributed by atoms with van der Waals surface area (Å²) in [6.07, 6.45) is 4.95. The Hall–Kier alpha value is -3.57. The number of fused-ring (bicyclic) bond motifs is 1. The maximum absolute atomic E-state index is 13.5. The zero-order chi connectivity index (χ0) is 27.7. The van der Waals surface area contributed by atoms with E-state index in [-0.39, 0.29) is 17.7 Å². The average Bonchev–Trinajstić information content (AvgIpc) is 3.19. The summed E-state index contributed by atoms with van der Waals surface area (Å²) in [4.78, 5) is 54.0. The van der Waals surface area contributed by atoms with Gasteiger partial charge in [-0.15, -0.1) is 0 Å². The van der Waals surface area contributed by atoms with Crippen molar-refractivity contribution >= 4 is 39.4 Å². The molecular weight excluding hydrogens is 522 g/mol. The van der Waals surface area contributed by atoms with E-state index in [1.54, 1.807) is 24.3 Å². The van der Waals surface area contributed by atoms with Gasteiger partial charge in [0.1, 0.15) is 6.04 Å². The lowest BCUT2D eigenvalue weighted by atomic mass is 9.91. The zero-order valence-corrected chi connectivity index (χ0v) is 22.5. The van der Waals surface area contributed by atoms with Crippen LogP contribution in [-0.4, -0.2) is 63.2 Å². The topological polar surface area (TPSA) is 130 Å². The number of piperidine rings is 2. The molecule has 3 heterocycles. The second-order valence-electron chi connectivity index (χ2n) is 10.3. The molecule has 2 atom stereocenters. The molecule has 2 fully saturated rings. The van der Waals surface area contributed by atoms with Crippen molar-refractivity contribution < 1.29 is 31.8 Å². The van der Waals surface area contributed by atoms with E-state index in [0.717, 1.165) is 62.8 Å². The zero-order valence-electron chi connectivity index (χ0n) is 21.7. The fraction of sp³-hybridized carbons (Fsp3) is 0.429. The molecule has 0 aromatic heterocycles. The second-order valence-corrected chi connectivity index (χ2v) is 12.0. The molecule has 39 heavy (non-hydrogen) atoms. The molecule has 0 bridgehead atoms. The molecule has 0 spiro atoms. The number of anilines is 1. The Labute approximate surface area is 227 Å². The molecule has 11 heteroatoms. The molecule has 1 N–H and O–H groups in total. The van der Waals surface area contributed by atoms with Gasteiger partial charge in [-0.1, -0.05) is 18.2 Å². The summed E-state index contributed by atoms with van der Waals surface area (Å²) in [6, 6.07) is 11.0. The van der Waals surface area contributed by atoms with E-state index in [4.69, 9.17) is 0 Å². The van der Waals surface area contributed by atoms with Crippen molar-refractivity contribution in [1.29, 1.82) is 0 Å². The summed E-state index contributed by atoms with van der Waals surface area (Å²) in [5, 5.41) is 2.23. The number of amides is 4. The van der Waals surface area contributed by atoms with Crippen molar-refractivity contribution in [2.75, 3.05) is 25.1 Å². The van der Waals surface area contributed by atoms with Crippen LogP contribution in [0.2, 0.25) is 0 Å². The van der Waals surface area contributed by atoms with Crippen LogP contribution >= 0.6 is 0 Å². The van der Waals surface area contributed by atoms with Gasteiger partial charge in [0.2, 0.25) is 11.8 Å². The molecule has 0 saturated carbocycles. The van der Waals surface area contributed by atoms with Crippen LogP contribution < -0.4 is 10.2 Å². The van der Waals surface area contributed by atoms with Gasteiger partial charge in [0.05, 0.1) is 28.8 Å². The minimum absolute atomic E-state index is 0.0842. The third-order valence-corrected chi connectivity index (χ3v) is 9.10. The third-order valence-electron chi connectivity index (χ3n) is 7.82. The Kier molecular flexibility index (Phi) is 7.55. The SMILES string of the molecule is COS(=O)(=O)c1ccc(CCCC2CCCN(c3cccc4c3C(=O)N(C3CCC(=O)NC3=O)C4=O)C2)cc1. The molecule has 2 aromatic rings. The van der Waals surface area contributed by atoms with Gasteiger partial charge in [-0.05, 0) is 74.3 Å². The highest BCUT2D eigenvalue weighted by atomic mass is 32.2. The molecule has 0 radical (unpaired) electrons.